The molecule has 1 aromatic rings. The zero-order chi connectivity index (χ0) is 7.68. The van der Waals surface area contributed by atoms with Crippen molar-refractivity contribution in [1.29, 1.82) is 0 Å². The summed E-state index contributed by atoms with van der Waals surface area (Å²) in [5.41, 5.74) is 7.81. The number of hydrogen-bond acceptors (Lipinski definition) is 3. The Balaban J connectivity index is 2.34. The first kappa shape index (κ1) is 6.73. The van der Waals surface area contributed by atoms with Crippen LogP contribution in [-0.4, -0.2) is 9.97 Å². The third kappa shape index (κ3) is 1.24. The summed E-state index contributed by atoms with van der Waals surface area (Å²) in [6, 6.07) is 0. The summed E-state index contributed by atoms with van der Waals surface area (Å²) in [5, 5.41) is 0. The van der Waals surface area contributed by atoms with E-state index in [2.05, 4.69) is 9.97 Å². The molecular weight excluding hydrogens is 138 g/mol. The molecule has 0 atom stereocenters. The lowest BCUT2D eigenvalue weighted by atomic mass is 10.1. The molecule has 0 spiro atoms. The zero-order valence-electron chi connectivity index (χ0n) is 6.33. The predicted molar refractivity (Wildman–Crippen MR) is 41.9 cm³/mol. The first-order valence-corrected chi connectivity index (χ1v) is 3.90. The Kier molecular flexibility index (Phi) is 1.58. The minimum atomic E-state index is 0.562. The Morgan fingerprint density at radius 2 is 2.36 bits per heavy atom. The molecule has 0 aromatic carbocycles. The Morgan fingerprint density at radius 3 is 3.00 bits per heavy atom. The number of hydrogen-bond donors (Lipinski definition) is 1. The van der Waals surface area contributed by atoms with Crippen molar-refractivity contribution in [1.82, 2.24) is 9.97 Å². The van der Waals surface area contributed by atoms with Gasteiger partial charge in [0.05, 0.1) is 5.69 Å². The number of nitrogens with two attached hydrogens (primary N) is 1. The fourth-order valence-electron chi connectivity index (χ4n) is 1.25. The molecule has 0 bridgehead atoms. The van der Waals surface area contributed by atoms with Gasteiger partial charge >= 0.3 is 0 Å². The maximum atomic E-state index is 5.54. The SMILES string of the molecule is NCc1cncnc1C1CC1. The summed E-state index contributed by atoms with van der Waals surface area (Å²) in [6.45, 7) is 0.562. The largest absolute Gasteiger partial charge is 0.326 e. The molecule has 2 rings (SSSR count). The molecule has 0 unspecified atom stereocenters. The van der Waals surface area contributed by atoms with E-state index < -0.39 is 0 Å². The Labute approximate surface area is 65.7 Å². The van der Waals surface area contributed by atoms with Gasteiger partial charge in [-0.25, -0.2) is 9.97 Å². The standard InChI is InChI=1S/C8H11N3/c9-3-7-4-10-5-11-8(7)6-1-2-6/h4-6H,1-3,9H2. The van der Waals surface area contributed by atoms with Crippen molar-refractivity contribution in [2.75, 3.05) is 0 Å². The molecule has 1 aliphatic rings. The summed E-state index contributed by atoms with van der Waals surface area (Å²) in [7, 11) is 0. The lowest BCUT2D eigenvalue weighted by Gasteiger charge is -2.01. The molecule has 0 radical (unpaired) electrons. The minimum absolute atomic E-state index is 0.562. The van der Waals surface area contributed by atoms with Crippen molar-refractivity contribution in [2.24, 2.45) is 5.73 Å². The van der Waals surface area contributed by atoms with E-state index >= 15 is 0 Å². The molecule has 58 valence electrons. The van der Waals surface area contributed by atoms with E-state index in [1.54, 1.807) is 6.33 Å². The van der Waals surface area contributed by atoms with E-state index in [4.69, 9.17) is 5.73 Å². The first-order chi connectivity index (χ1) is 5.42. The van der Waals surface area contributed by atoms with Gasteiger partial charge in [0.15, 0.2) is 0 Å². The van der Waals surface area contributed by atoms with E-state index in [1.807, 2.05) is 6.20 Å². The average molecular weight is 149 g/mol. The van der Waals surface area contributed by atoms with Crippen molar-refractivity contribution in [3.63, 3.8) is 0 Å². The summed E-state index contributed by atoms with van der Waals surface area (Å²) in [4.78, 5) is 8.16. The molecule has 3 nitrogen and oxygen atoms in total. The number of rotatable bonds is 2. The minimum Gasteiger partial charge on any atom is -0.326 e. The second-order valence-corrected chi connectivity index (χ2v) is 2.91. The molecule has 1 fully saturated rings. The van der Waals surface area contributed by atoms with Gasteiger partial charge in [-0.05, 0) is 12.8 Å². The highest BCUT2D eigenvalue weighted by Crippen LogP contribution is 2.39. The molecule has 1 saturated carbocycles. The quantitative estimate of drug-likeness (QED) is 0.677. The van der Waals surface area contributed by atoms with Gasteiger partial charge in [-0.1, -0.05) is 0 Å². The van der Waals surface area contributed by atoms with E-state index in [0.717, 1.165) is 5.56 Å². The normalized spacial score (nSPS) is 16.8. The molecule has 1 aromatic heterocycles. The highest BCUT2D eigenvalue weighted by Gasteiger charge is 2.26. The van der Waals surface area contributed by atoms with Crippen molar-refractivity contribution in [2.45, 2.75) is 25.3 Å². The van der Waals surface area contributed by atoms with Crippen LogP contribution in [0.3, 0.4) is 0 Å². The van der Waals surface area contributed by atoms with Gasteiger partial charge < -0.3 is 5.73 Å². The molecule has 1 aliphatic carbocycles. The van der Waals surface area contributed by atoms with Gasteiger partial charge in [-0.3, -0.25) is 0 Å². The molecule has 11 heavy (non-hydrogen) atoms. The Morgan fingerprint density at radius 1 is 1.55 bits per heavy atom. The van der Waals surface area contributed by atoms with Crippen LogP contribution in [0, 0.1) is 0 Å². The van der Waals surface area contributed by atoms with Crippen LogP contribution in [-0.2, 0) is 6.54 Å². The molecule has 0 aliphatic heterocycles. The van der Waals surface area contributed by atoms with E-state index in [-0.39, 0.29) is 0 Å². The van der Waals surface area contributed by atoms with Crippen LogP contribution in [0.5, 0.6) is 0 Å². The Bertz CT molecular complexity index is 255. The fourth-order valence-corrected chi connectivity index (χ4v) is 1.25. The lowest BCUT2D eigenvalue weighted by Crippen LogP contribution is -2.03. The Hall–Kier alpha value is -0.960. The smallest absolute Gasteiger partial charge is 0.115 e. The van der Waals surface area contributed by atoms with Gasteiger partial charge in [0.1, 0.15) is 6.33 Å². The van der Waals surface area contributed by atoms with Crippen molar-refractivity contribution < 1.29 is 0 Å². The monoisotopic (exact) mass is 149 g/mol. The van der Waals surface area contributed by atoms with Crippen molar-refractivity contribution in [3.05, 3.63) is 23.8 Å². The van der Waals surface area contributed by atoms with Gasteiger partial charge in [-0.2, -0.15) is 0 Å². The van der Waals surface area contributed by atoms with Crippen LogP contribution < -0.4 is 5.73 Å². The topological polar surface area (TPSA) is 51.8 Å². The van der Waals surface area contributed by atoms with E-state index in [1.165, 1.54) is 18.5 Å². The predicted octanol–water partition coefficient (Wildman–Crippen LogP) is 0.813. The summed E-state index contributed by atoms with van der Waals surface area (Å²) in [5.74, 6) is 0.677. The molecule has 0 amide bonds. The van der Waals surface area contributed by atoms with Gasteiger partial charge in [0, 0.05) is 24.2 Å². The lowest BCUT2D eigenvalue weighted by molar-refractivity contribution is 0.905. The van der Waals surface area contributed by atoms with Gasteiger partial charge in [0.2, 0.25) is 0 Å². The summed E-state index contributed by atoms with van der Waals surface area (Å²) < 4.78 is 0. The summed E-state index contributed by atoms with van der Waals surface area (Å²) in [6.07, 6.45) is 5.96. The average Bonchev–Trinajstić information content (AvgIpc) is 2.87. The highest BCUT2D eigenvalue weighted by atomic mass is 14.8. The molecule has 2 N–H and O–H groups in total. The second-order valence-electron chi connectivity index (χ2n) is 2.91. The zero-order valence-corrected chi connectivity index (χ0v) is 6.33. The molecule has 1 heterocycles. The maximum Gasteiger partial charge on any atom is 0.115 e. The van der Waals surface area contributed by atoms with Crippen molar-refractivity contribution >= 4 is 0 Å². The highest BCUT2D eigenvalue weighted by molar-refractivity contribution is 5.23. The fraction of sp³-hybridized carbons (Fsp3) is 0.500. The van der Waals surface area contributed by atoms with E-state index in [9.17, 15) is 0 Å². The van der Waals surface area contributed by atoms with Gasteiger partial charge in [0.25, 0.3) is 0 Å². The number of nitrogens with zero attached hydrogens (tertiary/aromatic N) is 2. The van der Waals surface area contributed by atoms with Crippen LogP contribution in [0.1, 0.15) is 30.0 Å². The molecule has 0 saturated heterocycles. The summed E-state index contributed by atoms with van der Waals surface area (Å²) >= 11 is 0. The molecule has 3 heteroatoms. The van der Waals surface area contributed by atoms with Crippen LogP contribution >= 0.6 is 0 Å². The van der Waals surface area contributed by atoms with Crippen LogP contribution in [0.4, 0.5) is 0 Å². The maximum absolute atomic E-state index is 5.54. The second kappa shape index (κ2) is 2.58. The van der Waals surface area contributed by atoms with Crippen LogP contribution in [0.15, 0.2) is 12.5 Å². The van der Waals surface area contributed by atoms with Gasteiger partial charge in [-0.15, -0.1) is 0 Å². The molecular formula is C8H11N3. The van der Waals surface area contributed by atoms with Crippen molar-refractivity contribution in [3.8, 4) is 0 Å². The third-order valence-electron chi connectivity index (χ3n) is 2.01. The third-order valence-corrected chi connectivity index (χ3v) is 2.01. The van der Waals surface area contributed by atoms with Crippen LogP contribution in [0.2, 0.25) is 0 Å². The number of aromatic nitrogens is 2. The first-order valence-electron chi connectivity index (χ1n) is 3.90. The van der Waals surface area contributed by atoms with E-state index in [0.29, 0.717) is 12.5 Å². The van der Waals surface area contributed by atoms with Crippen LogP contribution in [0.25, 0.3) is 0 Å².